The Morgan fingerprint density at radius 2 is 1.91 bits per heavy atom. The van der Waals surface area contributed by atoms with Crippen LogP contribution in [0.2, 0.25) is 0 Å². The molecule has 7 heteroatoms. The fourth-order valence-corrected chi connectivity index (χ4v) is 1.60. The van der Waals surface area contributed by atoms with E-state index in [4.69, 9.17) is 0 Å². The molecule has 1 N–H and O–H groups in total. The zero-order chi connectivity index (χ0) is 16.0. The summed E-state index contributed by atoms with van der Waals surface area (Å²) in [6.45, 7) is 0. The zero-order valence-electron chi connectivity index (χ0n) is 11.2. The van der Waals surface area contributed by atoms with Crippen molar-refractivity contribution in [3.8, 4) is 5.75 Å². The normalized spacial score (nSPS) is 11.4. The summed E-state index contributed by atoms with van der Waals surface area (Å²) in [5, 5.41) is 2.45. The number of ether oxygens (including phenoxy) is 1. The van der Waals surface area contributed by atoms with E-state index in [-0.39, 0.29) is 5.69 Å². The van der Waals surface area contributed by atoms with E-state index in [1.807, 2.05) is 0 Å². The van der Waals surface area contributed by atoms with E-state index < -0.39 is 18.0 Å². The first-order valence-corrected chi connectivity index (χ1v) is 6.17. The third-order valence-electron chi connectivity index (χ3n) is 2.47. The minimum atomic E-state index is -4.77. The summed E-state index contributed by atoms with van der Waals surface area (Å²) < 4.78 is 40.1. The van der Waals surface area contributed by atoms with Crippen LogP contribution in [0.5, 0.6) is 5.75 Å². The van der Waals surface area contributed by atoms with Crippen molar-refractivity contribution >= 4 is 17.7 Å². The highest BCUT2D eigenvalue weighted by molar-refractivity contribution is 6.01. The average molecular weight is 308 g/mol. The van der Waals surface area contributed by atoms with Crippen LogP contribution in [0.4, 0.5) is 18.9 Å². The smallest absolute Gasteiger partial charge is 0.406 e. The van der Waals surface area contributed by atoms with Crippen molar-refractivity contribution in [2.45, 2.75) is 6.36 Å². The summed E-state index contributed by atoms with van der Waals surface area (Å²) in [6.07, 6.45) is 1.22. The van der Waals surface area contributed by atoms with Gasteiger partial charge in [0, 0.05) is 30.2 Å². The summed E-state index contributed by atoms with van der Waals surface area (Å²) >= 11 is 0. The predicted molar refractivity (Wildman–Crippen MR) is 75.0 cm³/mol. The van der Waals surface area contributed by atoms with E-state index in [0.717, 1.165) is 17.7 Å². The second kappa shape index (κ2) is 6.75. The van der Waals surface area contributed by atoms with Gasteiger partial charge in [0.2, 0.25) is 5.91 Å². The van der Waals surface area contributed by atoms with Crippen molar-refractivity contribution in [3.63, 3.8) is 0 Å². The van der Waals surface area contributed by atoms with E-state index in [1.54, 1.807) is 30.6 Å². The maximum atomic E-state index is 12.1. The van der Waals surface area contributed by atoms with Gasteiger partial charge in [0.1, 0.15) is 5.75 Å². The first-order chi connectivity index (χ1) is 10.4. The molecule has 1 aromatic heterocycles. The molecule has 0 radical (unpaired) electrons. The summed E-state index contributed by atoms with van der Waals surface area (Å²) in [5.41, 5.74) is 0.977. The van der Waals surface area contributed by atoms with Crippen LogP contribution in [0.25, 0.3) is 6.08 Å². The topological polar surface area (TPSA) is 51.2 Å². The number of benzene rings is 1. The van der Waals surface area contributed by atoms with Crippen LogP contribution in [0, 0.1) is 0 Å². The molecule has 114 valence electrons. The van der Waals surface area contributed by atoms with Gasteiger partial charge in [-0.15, -0.1) is 13.2 Å². The van der Waals surface area contributed by atoms with Crippen LogP contribution in [0.15, 0.2) is 54.9 Å². The summed E-state index contributed by atoms with van der Waals surface area (Å²) in [4.78, 5) is 15.5. The maximum Gasteiger partial charge on any atom is 0.573 e. The Kier molecular flexibility index (Phi) is 4.77. The molecule has 2 aromatic rings. The molecule has 4 nitrogen and oxygen atoms in total. The molecule has 2 rings (SSSR count). The number of carbonyl (C=O) groups is 1. The Labute approximate surface area is 124 Å². The third kappa shape index (κ3) is 5.28. The Morgan fingerprint density at radius 3 is 2.59 bits per heavy atom. The number of amides is 1. The molecule has 22 heavy (non-hydrogen) atoms. The molecule has 0 bridgehead atoms. The Morgan fingerprint density at radius 1 is 1.18 bits per heavy atom. The highest BCUT2D eigenvalue weighted by Gasteiger charge is 2.31. The SMILES string of the molecule is O=C(/C=C/c1ccncc1)Nc1cccc(OC(F)(F)F)c1. The van der Waals surface area contributed by atoms with Gasteiger partial charge in [-0.3, -0.25) is 9.78 Å². The molecule has 1 aromatic carbocycles. The summed E-state index contributed by atoms with van der Waals surface area (Å²) in [5.74, 6) is -0.871. The first-order valence-electron chi connectivity index (χ1n) is 6.17. The van der Waals surface area contributed by atoms with Crippen molar-refractivity contribution in [2.24, 2.45) is 0 Å². The molecular formula is C15H11F3N2O2. The predicted octanol–water partition coefficient (Wildman–Crippen LogP) is 3.63. The molecule has 0 aliphatic carbocycles. The molecule has 0 fully saturated rings. The van der Waals surface area contributed by atoms with Gasteiger partial charge in [-0.05, 0) is 35.9 Å². The van der Waals surface area contributed by atoms with E-state index in [1.165, 1.54) is 18.2 Å². The van der Waals surface area contributed by atoms with Gasteiger partial charge < -0.3 is 10.1 Å². The minimum Gasteiger partial charge on any atom is -0.406 e. The molecular weight excluding hydrogens is 297 g/mol. The van der Waals surface area contributed by atoms with E-state index in [9.17, 15) is 18.0 Å². The van der Waals surface area contributed by atoms with Crippen LogP contribution in [-0.4, -0.2) is 17.3 Å². The number of rotatable bonds is 4. The Hall–Kier alpha value is -2.83. The second-order valence-corrected chi connectivity index (χ2v) is 4.18. The number of hydrogen-bond donors (Lipinski definition) is 1. The fraction of sp³-hybridized carbons (Fsp3) is 0.0667. The van der Waals surface area contributed by atoms with Crippen LogP contribution < -0.4 is 10.1 Å². The quantitative estimate of drug-likeness (QED) is 0.878. The van der Waals surface area contributed by atoms with Gasteiger partial charge in [0.25, 0.3) is 0 Å². The lowest BCUT2D eigenvalue weighted by molar-refractivity contribution is -0.274. The standard InChI is InChI=1S/C15H11F3N2O2/c16-15(17,18)22-13-3-1-2-12(10-13)20-14(21)5-4-11-6-8-19-9-7-11/h1-10H,(H,20,21)/b5-4+. The van der Waals surface area contributed by atoms with Crippen molar-refractivity contribution in [3.05, 3.63) is 60.4 Å². The number of nitrogens with zero attached hydrogens (tertiary/aromatic N) is 1. The lowest BCUT2D eigenvalue weighted by Crippen LogP contribution is -2.17. The lowest BCUT2D eigenvalue weighted by atomic mass is 10.2. The van der Waals surface area contributed by atoms with E-state index in [2.05, 4.69) is 15.0 Å². The molecule has 0 aliphatic heterocycles. The molecule has 0 unspecified atom stereocenters. The number of anilines is 1. The highest BCUT2D eigenvalue weighted by atomic mass is 19.4. The summed E-state index contributed by atoms with van der Waals surface area (Å²) in [6, 6.07) is 8.47. The van der Waals surface area contributed by atoms with Gasteiger partial charge in [-0.25, -0.2) is 0 Å². The second-order valence-electron chi connectivity index (χ2n) is 4.18. The number of halogens is 3. The molecule has 1 amide bonds. The van der Waals surface area contributed by atoms with Crippen LogP contribution in [0.1, 0.15) is 5.56 Å². The number of nitrogens with one attached hydrogen (secondary N) is 1. The van der Waals surface area contributed by atoms with E-state index >= 15 is 0 Å². The number of carbonyl (C=O) groups excluding carboxylic acids is 1. The monoisotopic (exact) mass is 308 g/mol. The molecule has 1 heterocycles. The maximum absolute atomic E-state index is 12.1. The largest absolute Gasteiger partial charge is 0.573 e. The molecule has 0 saturated carbocycles. The van der Waals surface area contributed by atoms with Crippen LogP contribution in [-0.2, 0) is 4.79 Å². The number of pyridine rings is 1. The van der Waals surface area contributed by atoms with Gasteiger partial charge >= 0.3 is 6.36 Å². The molecule has 0 saturated heterocycles. The Balaban J connectivity index is 2.00. The Bertz CT molecular complexity index is 670. The van der Waals surface area contributed by atoms with Crippen LogP contribution >= 0.6 is 0 Å². The van der Waals surface area contributed by atoms with E-state index in [0.29, 0.717) is 0 Å². The van der Waals surface area contributed by atoms with Gasteiger partial charge in [0.15, 0.2) is 0 Å². The first kappa shape index (κ1) is 15.6. The third-order valence-corrected chi connectivity index (χ3v) is 2.47. The average Bonchev–Trinajstić information content (AvgIpc) is 2.45. The molecule has 0 spiro atoms. The van der Waals surface area contributed by atoms with Crippen molar-refractivity contribution in [1.82, 2.24) is 4.98 Å². The zero-order valence-corrected chi connectivity index (χ0v) is 11.2. The minimum absolute atomic E-state index is 0.200. The summed E-state index contributed by atoms with van der Waals surface area (Å²) in [7, 11) is 0. The fourth-order valence-electron chi connectivity index (χ4n) is 1.60. The van der Waals surface area contributed by atoms with Crippen molar-refractivity contribution in [2.75, 3.05) is 5.32 Å². The molecule has 0 atom stereocenters. The highest BCUT2D eigenvalue weighted by Crippen LogP contribution is 2.25. The van der Waals surface area contributed by atoms with Gasteiger partial charge in [-0.1, -0.05) is 6.07 Å². The lowest BCUT2D eigenvalue weighted by Gasteiger charge is -2.10. The number of hydrogen-bond acceptors (Lipinski definition) is 3. The van der Waals surface area contributed by atoms with Crippen molar-refractivity contribution in [1.29, 1.82) is 0 Å². The molecule has 0 aliphatic rings. The number of aromatic nitrogens is 1. The van der Waals surface area contributed by atoms with Crippen LogP contribution in [0.3, 0.4) is 0 Å². The number of alkyl halides is 3. The van der Waals surface area contributed by atoms with Crippen molar-refractivity contribution < 1.29 is 22.7 Å². The van der Waals surface area contributed by atoms with Gasteiger partial charge in [-0.2, -0.15) is 0 Å². The van der Waals surface area contributed by atoms with Gasteiger partial charge in [0.05, 0.1) is 0 Å².